The number of aliphatic hydroxyl groups excluding tert-OH is 1. The van der Waals surface area contributed by atoms with Gasteiger partial charge in [0.2, 0.25) is 5.91 Å². The molecule has 0 spiro atoms. The Balaban J connectivity index is 0.00000442. The fourth-order valence-electron chi connectivity index (χ4n) is 8.80. The number of carbonyl (C=O) groups is 4. The molecule has 44 heavy (non-hydrogen) atoms. The number of nitrogens with zero attached hydrogens (tertiary/aromatic N) is 1. The highest BCUT2D eigenvalue weighted by Gasteiger charge is 2.68. The first kappa shape index (κ1) is 34.1. The van der Waals surface area contributed by atoms with Crippen molar-refractivity contribution in [2.24, 2.45) is 45.7 Å². The minimum absolute atomic E-state index is 0. The number of aliphatic hydroxyl groups is 1. The lowest BCUT2D eigenvalue weighted by atomic mass is 9.44. The van der Waals surface area contributed by atoms with Crippen molar-refractivity contribution in [3.63, 3.8) is 0 Å². The standard InChI is InChI=1S/C34H47N3O6.ClH/c1-8-32(6)16-25(33(7)19(4)12-14-34(20(5)28(32)39)15-13-24(38)27(33)34)43-31(42)37-17-22-21(30(37)41)10-9-11-23(22)36-29(40)26(35)18(2)3;/h8-11,18-20,25-28,39H,1,12-17,35H2,2-7H3,(H,36,40);1H/t19-,20+,25-,26+,27+,28+,32-,33+,34+;/m1./s1. The number of nitrogens with two attached hydrogens (primary N) is 1. The quantitative estimate of drug-likeness (QED) is 0.366. The molecule has 2 bridgehead atoms. The second kappa shape index (κ2) is 11.9. The largest absolute Gasteiger partial charge is 0.445 e. The summed E-state index contributed by atoms with van der Waals surface area (Å²) in [6.07, 6.45) is 2.55. The van der Waals surface area contributed by atoms with Gasteiger partial charge in [-0.1, -0.05) is 53.7 Å². The highest BCUT2D eigenvalue weighted by molar-refractivity contribution is 6.08. The van der Waals surface area contributed by atoms with Crippen LogP contribution in [0.5, 0.6) is 0 Å². The Bertz CT molecular complexity index is 1370. The molecule has 9 nitrogen and oxygen atoms in total. The van der Waals surface area contributed by atoms with Crippen LogP contribution < -0.4 is 11.1 Å². The first-order chi connectivity index (χ1) is 20.1. The van der Waals surface area contributed by atoms with Crippen LogP contribution in [0.15, 0.2) is 30.9 Å². The van der Waals surface area contributed by atoms with E-state index >= 15 is 0 Å². The van der Waals surface area contributed by atoms with Crippen molar-refractivity contribution in [3.05, 3.63) is 42.0 Å². The molecule has 1 aliphatic heterocycles. The van der Waals surface area contributed by atoms with Crippen LogP contribution >= 0.6 is 12.4 Å². The third-order valence-corrected chi connectivity index (χ3v) is 12.0. The van der Waals surface area contributed by atoms with E-state index in [0.717, 1.165) is 17.7 Å². The van der Waals surface area contributed by atoms with Crippen LogP contribution in [0.2, 0.25) is 0 Å². The molecular weight excluding hydrogens is 582 g/mol. The Labute approximate surface area is 266 Å². The van der Waals surface area contributed by atoms with Gasteiger partial charge in [0.1, 0.15) is 11.9 Å². The lowest BCUT2D eigenvalue weighted by Gasteiger charge is -2.61. The van der Waals surface area contributed by atoms with Gasteiger partial charge in [0.15, 0.2) is 0 Å². The van der Waals surface area contributed by atoms with Gasteiger partial charge in [-0.05, 0) is 61.0 Å². The van der Waals surface area contributed by atoms with E-state index < -0.39 is 46.5 Å². The lowest BCUT2D eigenvalue weighted by Crippen LogP contribution is -2.63. The molecule has 3 saturated carbocycles. The van der Waals surface area contributed by atoms with Crippen LogP contribution in [0.1, 0.15) is 89.6 Å². The lowest BCUT2D eigenvalue weighted by molar-refractivity contribution is -0.192. The van der Waals surface area contributed by atoms with Crippen molar-refractivity contribution in [3.8, 4) is 0 Å². The summed E-state index contributed by atoms with van der Waals surface area (Å²) in [5, 5.41) is 14.6. The zero-order valence-electron chi connectivity index (χ0n) is 26.7. The highest BCUT2D eigenvalue weighted by Crippen LogP contribution is 2.68. The number of anilines is 1. The van der Waals surface area contributed by atoms with E-state index in [0.29, 0.717) is 29.7 Å². The summed E-state index contributed by atoms with van der Waals surface area (Å²) in [7, 11) is 0. The molecule has 1 heterocycles. The summed E-state index contributed by atoms with van der Waals surface area (Å²) < 4.78 is 6.34. The number of benzene rings is 1. The molecule has 4 N–H and O–H groups in total. The molecule has 242 valence electrons. The fourth-order valence-corrected chi connectivity index (χ4v) is 8.80. The average molecular weight is 630 g/mol. The zero-order valence-corrected chi connectivity index (χ0v) is 27.5. The Morgan fingerprint density at radius 1 is 1.20 bits per heavy atom. The summed E-state index contributed by atoms with van der Waals surface area (Å²) >= 11 is 0. The van der Waals surface area contributed by atoms with Crippen molar-refractivity contribution in [1.29, 1.82) is 0 Å². The van der Waals surface area contributed by atoms with Crippen LogP contribution in [0.3, 0.4) is 0 Å². The van der Waals surface area contributed by atoms with Gasteiger partial charge in [-0.15, -0.1) is 19.0 Å². The average Bonchev–Trinajstić information content (AvgIpc) is 3.51. The molecule has 10 heteroatoms. The molecule has 0 unspecified atom stereocenters. The van der Waals surface area contributed by atoms with Crippen molar-refractivity contribution >= 4 is 41.8 Å². The topological polar surface area (TPSA) is 139 Å². The molecule has 4 aliphatic rings. The number of carbonyl (C=O) groups excluding carboxylic acids is 4. The first-order valence-corrected chi connectivity index (χ1v) is 15.7. The number of halogens is 1. The van der Waals surface area contributed by atoms with Gasteiger partial charge in [0, 0.05) is 40.0 Å². The number of nitrogens with one attached hydrogen (secondary N) is 1. The second-order valence-electron chi connectivity index (χ2n) is 14.4. The smallest absolute Gasteiger partial charge is 0.417 e. The Morgan fingerprint density at radius 2 is 1.89 bits per heavy atom. The number of imide groups is 1. The van der Waals surface area contributed by atoms with Crippen molar-refractivity contribution in [2.75, 3.05) is 5.32 Å². The van der Waals surface area contributed by atoms with Gasteiger partial charge in [-0.25, -0.2) is 9.69 Å². The van der Waals surface area contributed by atoms with Crippen LogP contribution in [0.4, 0.5) is 10.5 Å². The van der Waals surface area contributed by atoms with Crippen molar-refractivity contribution in [1.82, 2.24) is 4.90 Å². The van der Waals surface area contributed by atoms with Gasteiger partial charge >= 0.3 is 6.09 Å². The van der Waals surface area contributed by atoms with Gasteiger partial charge < -0.3 is 20.9 Å². The third kappa shape index (κ3) is 4.99. The minimum atomic E-state index is -0.799. The summed E-state index contributed by atoms with van der Waals surface area (Å²) in [4.78, 5) is 54.9. The summed E-state index contributed by atoms with van der Waals surface area (Å²) in [5.74, 6) is -1.22. The molecule has 3 amide bonds. The van der Waals surface area contributed by atoms with E-state index in [-0.39, 0.29) is 60.7 Å². The van der Waals surface area contributed by atoms with Crippen LogP contribution in [0, 0.1) is 39.9 Å². The molecule has 0 radical (unpaired) electrons. The molecule has 1 aromatic rings. The number of ketones is 1. The maximum absolute atomic E-state index is 14.0. The number of rotatable bonds is 5. The van der Waals surface area contributed by atoms with Gasteiger partial charge in [-0.2, -0.15) is 0 Å². The summed E-state index contributed by atoms with van der Waals surface area (Å²) in [6, 6.07) is 4.25. The van der Waals surface area contributed by atoms with E-state index in [2.05, 4.69) is 32.7 Å². The monoisotopic (exact) mass is 629 g/mol. The molecule has 0 aromatic heterocycles. The molecule has 5 rings (SSSR count). The number of hydrogen-bond acceptors (Lipinski definition) is 7. The Kier molecular flexibility index (Phi) is 9.21. The number of fused-ring (bicyclic) bond motifs is 1. The van der Waals surface area contributed by atoms with E-state index in [1.54, 1.807) is 24.3 Å². The third-order valence-electron chi connectivity index (χ3n) is 12.0. The second-order valence-corrected chi connectivity index (χ2v) is 14.4. The van der Waals surface area contributed by atoms with E-state index in [9.17, 15) is 24.3 Å². The highest BCUT2D eigenvalue weighted by atomic mass is 35.5. The molecule has 1 aromatic carbocycles. The minimum Gasteiger partial charge on any atom is -0.445 e. The first-order valence-electron chi connectivity index (χ1n) is 15.7. The van der Waals surface area contributed by atoms with Crippen LogP contribution in [0.25, 0.3) is 0 Å². The van der Waals surface area contributed by atoms with E-state index in [1.165, 1.54) is 0 Å². The number of hydrogen-bond donors (Lipinski definition) is 3. The molecule has 9 atom stereocenters. The van der Waals surface area contributed by atoms with E-state index in [1.807, 2.05) is 20.8 Å². The maximum atomic E-state index is 14.0. The van der Waals surface area contributed by atoms with E-state index in [4.69, 9.17) is 10.5 Å². The number of amides is 3. The van der Waals surface area contributed by atoms with Crippen LogP contribution in [-0.2, 0) is 20.9 Å². The van der Waals surface area contributed by atoms with Crippen molar-refractivity contribution in [2.45, 2.75) is 98.4 Å². The molecular formula is C34H48ClN3O6. The Hall–Kier alpha value is -2.75. The molecule has 0 saturated heterocycles. The normalized spacial score (nSPS) is 36.8. The zero-order chi connectivity index (χ0) is 31.6. The predicted octanol–water partition coefficient (Wildman–Crippen LogP) is 5.49. The summed E-state index contributed by atoms with van der Waals surface area (Å²) in [5.41, 5.74) is 5.43. The molecule has 3 fully saturated rings. The SMILES string of the molecule is C=C[C@]1(C)C[C@@H](OC(=O)N2Cc3c(NC(=O)[C@@H](N)C(C)C)cccc3C2=O)[C@]2(C)[C@H](C)CC[C@]3(CCC(=O)[C@H]32)[C@@H](C)[C@@H]1O.Cl. The van der Waals surface area contributed by atoms with Gasteiger partial charge in [0.05, 0.1) is 18.7 Å². The predicted molar refractivity (Wildman–Crippen MR) is 170 cm³/mol. The fraction of sp³-hybridized carbons (Fsp3) is 0.647. The van der Waals surface area contributed by atoms with Gasteiger partial charge in [-0.3, -0.25) is 14.4 Å². The van der Waals surface area contributed by atoms with Crippen molar-refractivity contribution < 1.29 is 29.0 Å². The number of Topliss-reactive ketones (excluding diaryl/α,β-unsaturated/α-hetero) is 1. The number of ether oxygens (including phenoxy) is 1. The Morgan fingerprint density at radius 3 is 2.52 bits per heavy atom. The van der Waals surface area contributed by atoms with Gasteiger partial charge in [0.25, 0.3) is 5.91 Å². The van der Waals surface area contributed by atoms with Crippen LogP contribution in [-0.4, -0.2) is 51.9 Å². The summed E-state index contributed by atoms with van der Waals surface area (Å²) in [6.45, 7) is 15.9. The maximum Gasteiger partial charge on any atom is 0.417 e. The molecule has 3 aliphatic carbocycles.